The molecule has 1 atom stereocenters. The predicted octanol–water partition coefficient (Wildman–Crippen LogP) is 2.11. The van der Waals surface area contributed by atoms with Gasteiger partial charge in [0.05, 0.1) is 17.6 Å². The fourth-order valence-corrected chi connectivity index (χ4v) is 1.74. The normalized spacial score (nSPS) is 14.1. The highest BCUT2D eigenvalue weighted by atomic mass is 31.2. The second kappa shape index (κ2) is 5.07. The van der Waals surface area contributed by atoms with E-state index in [0.717, 1.165) is 6.07 Å². The first-order chi connectivity index (χ1) is 7.44. The maximum atomic E-state index is 11.2. The van der Waals surface area contributed by atoms with Gasteiger partial charge in [-0.25, -0.2) is 4.57 Å². The number of phosphoric ester groups is 1. The molecule has 0 spiro atoms. The molecule has 16 heavy (non-hydrogen) atoms. The largest absolute Gasteiger partial charge is 0.527 e. The van der Waals surface area contributed by atoms with Crippen LogP contribution in [0.1, 0.15) is 6.92 Å². The van der Waals surface area contributed by atoms with Gasteiger partial charge >= 0.3 is 7.82 Å². The number of nitro groups is 1. The Morgan fingerprint density at radius 2 is 2.25 bits per heavy atom. The summed E-state index contributed by atoms with van der Waals surface area (Å²) >= 11 is 0. The van der Waals surface area contributed by atoms with Crippen LogP contribution < -0.4 is 4.52 Å². The van der Waals surface area contributed by atoms with Crippen LogP contribution in [-0.2, 0) is 9.09 Å². The van der Waals surface area contributed by atoms with E-state index in [1.807, 2.05) is 0 Å². The third kappa shape index (κ3) is 3.62. The average molecular weight is 247 g/mol. The Hall–Kier alpha value is -1.43. The fourth-order valence-electron chi connectivity index (χ4n) is 0.977. The van der Waals surface area contributed by atoms with E-state index in [-0.39, 0.29) is 18.0 Å². The van der Waals surface area contributed by atoms with Gasteiger partial charge in [0.15, 0.2) is 0 Å². The highest BCUT2D eigenvalue weighted by Gasteiger charge is 2.22. The number of phosphoric acid groups is 1. The van der Waals surface area contributed by atoms with Crippen LogP contribution in [0.3, 0.4) is 0 Å². The maximum Gasteiger partial charge on any atom is 0.527 e. The van der Waals surface area contributed by atoms with Gasteiger partial charge in [-0.2, -0.15) is 0 Å². The van der Waals surface area contributed by atoms with Crippen LogP contribution in [0, 0.1) is 10.1 Å². The van der Waals surface area contributed by atoms with Gasteiger partial charge in [0.2, 0.25) is 0 Å². The van der Waals surface area contributed by atoms with E-state index in [0.29, 0.717) is 0 Å². The molecule has 88 valence electrons. The molecule has 0 radical (unpaired) electrons. The van der Waals surface area contributed by atoms with Crippen LogP contribution in [0.25, 0.3) is 0 Å². The van der Waals surface area contributed by atoms with Gasteiger partial charge in [-0.1, -0.05) is 6.07 Å². The van der Waals surface area contributed by atoms with Crippen LogP contribution in [-0.4, -0.2) is 16.4 Å². The molecule has 1 N–H and O–H groups in total. The molecule has 8 heteroatoms. The molecule has 0 saturated carbocycles. The summed E-state index contributed by atoms with van der Waals surface area (Å²) in [6.45, 7) is 1.53. The Balaban J connectivity index is 2.85. The summed E-state index contributed by atoms with van der Waals surface area (Å²) in [5.41, 5.74) is -0.228. The van der Waals surface area contributed by atoms with Crippen LogP contribution >= 0.6 is 7.82 Å². The fraction of sp³-hybridized carbons (Fsp3) is 0.250. The minimum Gasteiger partial charge on any atom is -0.404 e. The molecule has 0 saturated heterocycles. The van der Waals surface area contributed by atoms with E-state index in [9.17, 15) is 14.7 Å². The molecule has 1 rings (SSSR count). The van der Waals surface area contributed by atoms with E-state index in [1.54, 1.807) is 0 Å². The first-order valence-electron chi connectivity index (χ1n) is 4.36. The lowest BCUT2D eigenvalue weighted by Gasteiger charge is -2.11. The summed E-state index contributed by atoms with van der Waals surface area (Å²) in [5.74, 6) is -0.0894. The highest BCUT2D eigenvalue weighted by molar-refractivity contribution is 7.47. The molecule has 1 unspecified atom stereocenters. The monoisotopic (exact) mass is 247 g/mol. The van der Waals surface area contributed by atoms with Crippen LogP contribution in [0.2, 0.25) is 0 Å². The first kappa shape index (κ1) is 12.6. The molecule has 0 heterocycles. The molecule has 0 aromatic heterocycles. The molecule has 0 amide bonds. The van der Waals surface area contributed by atoms with Crippen LogP contribution in [0.15, 0.2) is 24.3 Å². The Kier molecular flexibility index (Phi) is 4.00. The quantitative estimate of drug-likeness (QED) is 0.486. The Morgan fingerprint density at radius 3 is 2.81 bits per heavy atom. The number of non-ortho nitro benzene ring substituents is 1. The van der Waals surface area contributed by atoms with Crippen molar-refractivity contribution in [2.75, 3.05) is 6.61 Å². The zero-order chi connectivity index (χ0) is 12.2. The summed E-state index contributed by atoms with van der Waals surface area (Å²) in [4.78, 5) is 18.9. The SMILES string of the molecule is CCOP(=O)(O)Oc1cccc([N+](=O)[O-])c1. The molecule has 0 aliphatic heterocycles. The third-order valence-corrected chi connectivity index (χ3v) is 2.57. The maximum absolute atomic E-state index is 11.2. The molecule has 1 aromatic rings. The first-order valence-corrected chi connectivity index (χ1v) is 5.85. The number of rotatable bonds is 5. The Bertz CT molecular complexity index is 434. The number of hydrogen-bond acceptors (Lipinski definition) is 5. The highest BCUT2D eigenvalue weighted by Crippen LogP contribution is 2.43. The van der Waals surface area contributed by atoms with Crippen molar-refractivity contribution in [1.82, 2.24) is 0 Å². The summed E-state index contributed by atoms with van der Waals surface area (Å²) in [6, 6.07) is 4.96. The number of benzene rings is 1. The van der Waals surface area contributed by atoms with Gasteiger partial charge < -0.3 is 4.52 Å². The summed E-state index contributed by atoms with van der Waals surface area (Å²) in [7, 11) is -4.19. The molecule has 1 aromatic carbocycles. The number of nitro benzene ring substituents is 1. The lowest BCUT2D eigenvalue weighted by atomic mass is 10.3. The lowest BCUT2D eigenvalue weighted by molar-refractivity contribution is -0.384. The van der Waals surface area contributed by atoms with Gasteiger partial charge in [-0.15, -0.1) is 0 Å². The van der Waals surface area contributed by atoms with Crippen LogP contribution in [0.4, 0.5) is 5.69 Å². The van der Waals surface area contributed by atoms with Gasteiger partial charge in [0.25, 0.3) is 5.69 Å². The molecule has 0 bridgehead atoms. The topological polar surface area (TPSA) is 98.9 Å². The van der Waals surface area contributed by atoms with Crippen molar-refractivity contribution < 1.29 is 23.4 Å². The van der Waals surface area contributed by atoms with Gasteiger partial charge in [0, 0.05) is 6.07 Å². The Morgan fingerprint density at radius 1 is 1.56 bits per heavy atom. The van der Waals surface area contributed by atoms with Crippen molar-refractivity contribution in [3.63, 3.8) is 0 Å². The summed E-state index contributed by atoms with van der Waals surface area (Å²) in [6.07, 6.45) is 0. The minimum absolute atomic E-state index is 0.00268. The predicted molar refractivity (Wildman–Crippen MR) is 55.2 cm³/mol. The molecule has 0 aliphatic carbocycles. The molecule has 7 nitrogen and oxygen atoms in total. The molecular formula is C8H10NO6P. The van der Waals surface area contributed by atoms with Crippen molar-refractivity contribution in [3.05, 3.63) is 34.4 Å². The van der Waals surface area contributed by atoms with Gasteiger partial charge in [-0.05, 0) is 13.0 Å². The molecule has 0 aliphatic rings. The van der Waals surface area contributed by atoms with Crippen molar-refractivity contribution in [1.29, 1.82) is 0 Å². The smallest absolute Gasteiger partial charge is 0.404 e. The average Bonchev–Trinajstić information content (AvgIpc) is 2.17. The zero-order valence-electron chi connectivity index (χ0n) is 8.40. The lowest BCUT2D eigenvalue weighted by Crippen LogP contribution is -1.97. The number of nitrogens with zero attached hydrogens (tertiary/aromatic N) is 1. The summed E-state index contributed by atoms with van der Waals surface area (Å²) < 4.78 is 20.3. The van der Waals surface area contributed by atoms with Crippen molar-refractivity contribution in [3.8, 4) is 5.75 Å². The second-order valence-electron chi connectivity index (χ2n) is 2.73. The van der Waals surface area contributed by atoms with E-state index in [4.69, 9.17) is 4.89 Å². The van der Waals surface area contributed by atoms with Crippen molar-refractivity contribution in [2.45, 2.75) is 6.92 Å². The van der Waals surface area contributed by atoms with Gasteiger partial charge in [0.1, 0.15) is 5.75 Å². The van der Waals surface area contributed by atoms with E-state index < -0.39 is 12.7 Å². The van der Waals surface area contributed by atoms with E-state index >= 15 is 0 Å². The standard InChI is InChI=1S/C8H10NO6P/c1-2-14-16(12,13)15-8-5-3-4-7(6-8)9(10)11/h3-6H,2H2,1H3,(H,12,13). The zero-order valence-corrected chi connectivity index (χ0v) is 9.29. The molecule has 0 fully saturated rings. The third-order valence-electron chi connectivity index (χ3n) is 1.54. The van der Waals surface area contributed by atoms with Crippen LogP contribution in [0.5, 0.6) is 5.75 Å². The van der Waals surface area contributed by atoms with E-state index in [1.165, 1.54) is 25.1 Å². The second-order valence-corrected chi connectivity index (χ2v) is 4.11. The van der Waals surface area contributed by atoms with Crippen molar-refractivity contribution >= 4 is 13.5 Å². The minimum atomic E-state index is -4.19. The number of hydrogen-bond donors (Lipinski definition) is 1. The molecular weight excluding hydrogens is 237 g/mol. The van der Waals surface area contributed by atoms with Gasteiger partial charge in [-0.3, -0.25) is 19.5 Å². The van der Waals surface area contributed by atoms with Crippen molar-refractivity contribution in [2.24, 2.45) is 0 Å². The Labute approximate surface area is 91.4 Å². The summed E-state index contributed by atoms with van der Waals surface area (Å²) in [5, 5.41) is 10.4. The van der Waals surface area contributed by atoms with E-state index in [2.05, 4.69) is 9.05 Å².